The second-order valence-corrected chi connectivity index (χ2v) is 6.15. The van der Waals surface area contributed by atoms with E-state index in [1.807, 2.05) is 0 Å². The van der Waals surface area contributed by atoms with Gasteiger partial charge in [-0.3, -0.25) is 0 Å². The molecule has 2 rings (SSSR count). The first-order valence-corrected chi connectivity index (χ1v) is 7.60. The van der Waals surface area contributed by atoms with E-state index in [0.717, 1.165) is 24.3 Å². The van der Waals surface area contributed by atoms with E-state index in [-0.39, 0.29) is 27.1 Å². The van der Waals surface area contributed by atoms with Crippen molar-refractivity contribution in [2.24, 2.45) is 0 Å². The van der Waals surface area contributed by atoms with Crippen molar-refractivity contribution in [3.05, 3.63) is 59.2 Å². The third kappa shape index (κ3) is 2.97. The van der Waals surface area contributed by atoms with Crippen LogP contribution in [0.2, 0.25) is 0 Å². The van der Waals surface area contributed by atoms with E-state index in [0.29, 0.717) is 0 Å². The van der Waals surface area contributed by atoms with Gasteiger partial charge in [-0.1, -0.05) is 0 Å². The normalized spacial score (nSPS) is 12.1. The summed E-state index contributed by atoms with van der Waals surface area (Å²) in [6.45, 7) is 0. The van der Waals surface area contributed by atoms with Crippen LogP contribution in [0, 0.1) is 34.9 Å². The van der Waals surface area contributed by atoms with Crippen molar-refractivity contribution in [3.63, 3.8) is 0 Å². The van der Waals surface area contributed by atoms with Gasteiger partial charge in [-0.15, -0.1) is 0 Å². The van der Waals surface area contributed by atoms with Gasteiger partial charge in [0, 0.05) is 10.6 Å². The Balaban J connectivity index is 2.22. The molecule has 0 saturated carbocycles. The van der Waals surface area contributed by atoms with Crippen LogP contribution in [-0.4, -0.2) is 0 Å². The van der Waals surface area contributed by atoms with Gasteiger partial charge in [-0.05, 0) is 40.8 Å². The van der Waals surface area contributed by atoms with Gasteiger partial charge in [-0.2, -0.15) is 0 Å². The zero-order chi connectivity index (χ0) is 14.9. The van der Waals surface area contributed by atoms with Crippen LogP contribution in [0.1, 0.15) is 0 Å². The van der Waals surface area contributed by atoms with Crippen LogP contribution in [0.3, 0.4) is 0 Å². The summed E-state index contributed by atoms with van der Waals surface area (Å²) in [4.78, 5) is 0. The standard InChI is InChI=1S/C12H4F6P2/c13-5-1-3-7(11(17)9(5)15)19-20-8-4-2-6(14)10(16)12(8)18/h1-4H. The van der Waals surface area contributed by atoms with Gasteiger partial charge in [0.1, 0.15) is 0 Å². The molecule has 0 spiro atoms. The third-order valence-corrected chi connectivity index (χ3v) is 5.11. The molecule has 2 radical (unpaired) electrons. The summed E-state index contributed by atoms with van der Waals surface area (Å²) in [5, 5.41) is -0.426. The minimum Gasteiger partial charge on any atom is -0.204 e. The minimum absolute atomic E-state index is 0.0688. The first-order chi connectivity index (χ1) is 9.41. The predicted molar refractivity (Wildman–Crippen MR) is 65.7 cm³/mol. The Bertz CT molecular complexity index is 601. The van der Waals surface area contributed by atoms with Crippen LogP contribution in [0.15, 0.2) is 24.3 Å². The summed E-state index contributed by atoms with van der Waals surface area (Å²) in [6.07, 6.45) is 0. The fraction of sp³-hybridized carbons (Fsp3) is 0. The SMILES string of the molecule is Fc1ccc([P][P]c2ccc(F)c(F)c2F)c(F)c1F. The Morgan fingerprint density at radius 3 is 1.20 bits per heavy atom. The molecular formula is C12H4F6P2. The molecule has 0 atom stereocenters. The molecule has 2 aromatic carbocycles. The van der Waals surface area contributed by atoms with E-state index in [2.05, 4.69) is 0 Å². The lowest BCUT2D eigenvalue weighted by Gasteiger charge is -2.05. The average molecular weight is 324 g/mol. The zero-order valence-electron chi connectivity index (χ0n) is 9.47. The van der Waals surface area contributed by atoms with E-state index >= 15 is 0 Å². The molecule has 8 heteroatoms. The molecule has 0 aliphatic heterocycles. The minimum atomic E-state index is -1.63. The number of halogens is 6. The molecule has 0 heterocycles. The van der Waals surface area contributed by atoms with Crippen LogP contribution >= 0.6 is 16.5 Å². The van der Waals surface area contributed by atoms with Crippen molar-refractivity contribution in [1.29, 1.82) is 0 Å². The fourth-order valence-corrected chi connectivity index (χ4v) is 3.74. The lowest BCUT2D eigenvalue weighted by Crippen LogP contribution is -2.08. The molecule has 0 bridgehead atoms. The smallest absolute Gasteiger partial charge is 0.195 e. The Morgan fingerprint density at radius 1 is 0.500 bits per heavy atom. The van der Waals surface area contributed by atoms with Gasteiger partial charge < -0.3 is 0 Å². The Labute approximate surface area is 113 Å². The van der Waals surface area contributed by atoms with Crippen molar-refractivity contribution >= 4 is 27.1 Å². The molecule has 0 aliphatic rings. The largest absolute Gasteiger partial charge is 0.204 e. The summed E-state index contributed by atoms with van der Waals surface area (Å²) in [5.74, 6) is -8.70. The van der Waals surface area contributed by atoms with E-state index in [1.54, 1.807) is 0 Å². The monoisotopic (exact) mass is 324 g/mol. The Morgan fingerprint density at radius 2 is 0.850 bits per heavy atom. The van der Waals surface area contributed by atoms with Crippen LogP contribution in [0.4, 0.5) is 26.3 Å². The molecule has 104 valence electrons. The van der Waals surface area contributed by atoms with Gasteiger partial charge in [0.15, 0.2) is 34.9 Å². The maximum absolute atomic E-state index is 13.4. The Hall–Kier alpha value is -1.12. The molecule has 0 saturated heterocycles. The third-order valence-electron chi connectivity index (χ3n) is 2.30. The van der Waals surface area contributed by atoms with Crippen molar-refractivity contribution in [3.8, 4) is 0 Å². The summed E-state index contributed by atoms with van der Waals surface area (Å²) in [6, 6.07) is 3.47. The number of rotatable bonds is 3. The highest BCUT2D eigenvalue weighted by molar-refractivity contribution is 8.18. The lowest BCUT2D eigenvalue weighted by atomic mass is 10.3. The molecular weight excluding hydrogens is 320 g/mol. The first-order valence-electron chi connectivity index (χ1n) is 5.10. The molecule has 0 aromatic heterocycles. The number of hydrogen-bond acceptors (Lipinski definition) is 0. The van der Waals surface area contributed by atoms with E-state index in [4.69, 9.17) is 0 Å². The van der Waals surface area contributed by atoms with Crippen LogP contribution < -0.4 is 10.6 Å². The molecule has 0 aliphatic carbocycles. The fourth-order valence-electron chi connectivity index (χ4n) is 1.29. The highest BCUT2D eigenvalue weighted by Crippen LogP contribution is 2.37. The van der Waals surface area contributed by atoms with Crippen molar-refractivity contribution in [2.75, 3.05) is 0 Å². The van der Waals surface area contributed by atoms with Gasteiger partial charge in [-0.25, -0.2) is 26.3 Å². The van der Waals surface area contributed by atoms with Gasteiger partial charge in [0.05, 0.1) is 0 Å². The van der Waals surface area contributed by atoms with Crippen molar-refractivity contribution in [2.45, 2.75) is 0 Å². The van der Waals surface area contributed by atoms with E-state index in [9.17, 15) is 26.3 Å². The summed E-state index contributed by atoms with van der Waals surface area (Å²) in [7, 11) is 0.138. The van der Waals surface area contributed by atoms with Crippen LogP contribution in [0.25, 0.3) is 0 Å². The predicted octanol–water partition coefficient (Wildman–Crippen LogP) is 4.28. The molecule has 0 amide bonds. The highest BCUT2D eigenvalue weighted by Gasteiger charge is 2.17. The highest BCUT2D eigenvalue weighted by atomic mass is 32.0. The lowest BCUT2D eigenvalue weighted by molar-refractivity contribution is 0.451. The van der Waals surface area contributed by atoms with E-state index in [1.165, 1.54) is 0 Å². The maximum Gasteiger partial charge on any atom is 0.195 e. The zero-order valence-corrected chi connectivity index (χ0v) is 11.3. The van der Waals surface area contributed by atoms with E-state index < -0.39 is 34.9 Å². The van der Waals surface area contributed by atoms with Crippen LogP contribution in [-0.2, 0) is 0 Å². The number of hydrogen-bond donors (Lipinski definition) is 0. The summed E-state index contributed by atoms with van der Waals surface area (Å²) in [5.41, 5.74) is 0. The van der Waals surface area contributed by atoms with Gasteiger partial charge >= 0.3 is 0 Å². The average Bonchev–Trinajstić information content (AvgIpc) is 2.43. The number of benzene rings is 2. The molecule has 0 fully saturated rings. The molecule has 0 unspecified atom stereocenters. The molecule has 2 aromatic rings. The molecule has 0 N–H and O–H groups in total. The van der Waals surface area contributed by atoms with Crippen molar-refractivity contribution in [1.82, 2.24) is 0 Å². The quantitative estimate of drug-likeness (QED) is 0.449. The Kier molecular flexibility index (Phi) is 4.66. The van der Waals surface area contributed by atoms with Gasteiger partial charge in [0.2, 0.25) is 0 Å². The van der Waals surface area contributed by atoms with Gasteiger partial charge in [0.25, 0.3) is 0 Å². The van der Waals surface area contributed by atoms with Crippen LogP contribution in [0.5, 0.6) is 0 Å². The maximum atomic E-state index is 13.4. The topological polar surface area (TPSA) is 0 Å². The second kappa shape index (κ2) is 6.11. The summed E-state index contributed by atoms with van der Waals surface area (Å²) >= 11 is 0. The summed E-state index contributed by atoms with van der Waals surface area (Å²) < 4.78 is 78.1. The van der Waals surface area contributed by atoms with Crippen molar-refractivity contribution < 1.29 is 26.3 Å². The second-order valence-electron chi connectivity index (χ2n) is 3.59. The molecule has 0 nitrogen and oxygen atoms in total. The molecule has 20 heavy (non-hydrogen) atoms. The first kappa shape index (κ1) is 15.3.